The summed E-state index contributed by atoms with van der Waals surface area (Å²) < 4.78 is 2.47. The van der Waals surface area contributed by atoms with Gasteiger partial charge in [0.15, 0.2) is 0 Å². The maximum absolute atomic E-state index is 2.47. The molecule has 1 nitrogen and oxygen atoms in total. The molecule has 1 heterocycles. The molecule has 0 saturated carbocycles. The highest BCUT2D eigenvalue weighted by atomic mass is 15.0. The molecule has 0 unspecified atom stereocenters. The minimum atomic E-state index is 1.22. The minimum absolute atomic E-state index is 1.22. The zero-order valence-electron chi connectivity index (χ0n) is 13.2. The van der Waals surface area contributed by atoms with E-state index in [0.717, 1.165) is 0 Å². The van der Waals surface area contributed by atoms with Gasteiger partial charge in [-0.25, -0.2) is 0 Å². The second kappa shape index (κ2) is 11.1. The molecule has 0 amide bonds. The van der Waals surface area contributed by atoms with Gasteiger partial charge in [0.1, 0.15) is 0 Å². The lowest BCUT2D eigenvalue weighted by Gasteiger charge is -2.09. The lowest BCUT2D eigenvalue weighted by molar-refractivity contribution is 0.535. The summed E-state index contributed by atoms with van der Waals surface area (Å²) in [5, 5.41) is 0. The molecular weight excluding hydrogens is 230 g/mol. The van der Waals surface area contributed by atoms with E-state index in [1.54, 1.807) is 0 Å². The molecule has 0 bridgehead atoms. The van der Waals surface area contributed by atoms with Crippen LogP contribution < -0.4 is 0 Å². The van der Waals surface area contributed by atoms with E-state index in [-0.39, 0.29) is 0 Å². The third-order valence-electron chi connectivity index (χ3n) is 3.96. The van der Waals surface area contributed by atoms with E-state index in [1.807, 2.05) is 0 Å². The number of hydrogen-bond acceptors (Lipinski definition) is 0. The fourth-order valence-corrected chi connectivity index (χ4v) is 2.67. The number of nitrogens with zero attached hydrogens (tertiary/aromatic N) is 1. The first-order valence-corrected chi connectivity index (χ1v) is 8.52. The van der Waals surface area contributed by atoms with E-state index in [2.05, 4.69) is 36.7 Å². The summed E-state index contributed by atoms with van der Waals surface area (Å²) in [6.45, 7) is 5.78. The van der Waals surface area contributed by atoms with Crippen molar-refractivity contribution in [2.45, 2.75) is 91.0 Å². The van der Waals surface area contributed by atoms with Gasteiger partial charge in [0, 0.05) is 18.4 Å². The summed E-state index contributed by atoms with van der Waals surface area (Å²) in [6.07, 6.45) is 17.4. The van der Waals surface area contributed by atoms with Crippen LogP contribution >= 0.6 is 0 Å². The first kappa shape index (κ1) is 16.3. The molecular formula is C18H33N. The van der Waals surface area contributed by atoms with Crippen molar-refractivity contribution in [2.24, 2.45) is 0 Å². The standard InChI is InChI=1S/C18H33N/c1-3-5-7-8-9-10-11-12-16-19-17-13-15-18(19)14-6-4-2/h13,15,17H,3-12,14,16H2,1-2H3. The van der Waals surface area contributed by atoms with Crippen molar-refractivity contribution in [1.29, 1.82) is 0 Å². The van der Waals surface area contributed by atoms with Gasteiger partial charge in [-0.05, 0) is 31.4 Å². The first-order valence-electron chi connectivity index (χ1n) is 8.52. The smallest absolute Gasteiger partial charge is 0.0222 e. The number of aryl methyl sites for hydroxylation is 2. The Hall–Kier alpha value is -0.720. The van der Waals surface area contributed by atoms with Crippen molar-refractivity contribution in [3.8, 4) is 0 Å². The molecule has 0 aliphatic rings. The summed E-state index contributed by atoms with van der Waals surface area (Å²) in [5.41, 5.74) is 1.53. The Morgan fingerprint density at radius 1 is 0.789 bits per heavy atom. The van der Waals surface area contributed by atoms with Crippen LogP contribution in [-0.4, -0.2) is 4.57 Å². The van der Waals surface area contributed by atoms with E-state index in [0.29, 0.717) is 0 Å². The SMILES string of the molecule is CCCCCCCCCCn1cccc1CCCC. The fourth-order valence-electron chi connectivity index (χ4n) is 2.67. The third-order valence-corrected chi connectivity index (χ3v) is 3.96. The molecule has 0 aromatic carbocycles. The monoisotopic (exact) mass is 263 g/mol. The predicted molar refractivity (Wildman–Crippen MR) is 85.7 cm³/mol. The summed E-state index contributed by atoms with van der Waals surface area (Å²) in [7, 11) is 0. The third kappa shape index (κ3) is 7.44. The van der Waals surface area contributed by atoms with Crippen LogP contribution in [0.15, 0.2) is 18.3 Å². The molecule has 1 rings (SSSR count). The molecule has 1 aromatic heterocycles. The van der Waals surface area contributed by atoms with E-state index < -0.39 is 0 Å². The highest BCUT2D eigenvalue weighted by molar-refractivity contribution is 5.07. The van der Waals surface area contributed by atoms with Gasteiger partial charge in [0.05, 0.1) is 0 Å². The topological polar surface area (TPSA) is 4.93 Å². The Morgan fingerprint density at radius 2 is 1.42 bits per heavy atom. The van der Waals surface area contributed by atoms with Crippen molar-refractivity contribution in [3.63, 3.8) is 0 Å². The highest BCUT2D eigenvalue weighted by Gasteiger charge is 2.00. The average molecular weight is 263 g/mol. The second-order valence-electron chi connectivity index (χ2n) is 5.77. The summed E-state index contributed by atoms with van der Waals surface area (Å²) >= 11 is 0. The zero-order chi connectivity index (χ0) is 13.8. The van der Waals surface area contributed by atoms with Gasteiger partial charge in [-0.1, -0.05) is 65.2 Å². The molecule has 0 aliphatic carbocycles. The van der Waals surface area contributed by atoms with Gasteiger partial charge in [-0.15, -0.1) is 0 Å². The molecule has 0 fully saturated rings. The van der Waals surface area contributed by atoms with Crippen LogP contribution in [0.2, 0.25) is 0 Å². The Kier molecular flexibility index (Phi) is 9.57. The Balaban J connectivity index is 2.04. The van der Waals surface area contributed by atoms with Gasteiger partial charge < -0.3 is 4.57 Å². The number of rotatable bonds is 12. The lowest BCUT2D eigenvalue weighted by Crippen LogP contribution is -2.02. The molecule has 1 heteroatoms. The maximum atomic E-state index is 2.47. The van der Waals surface area contributed by atoms with Crippen LogP contribution in [0.5, 0.6) is 0 Å². The molecule has 0 atom stereocenters. The van der Waals surface area contributed by atoms with Crippen LogP contribution in [0.3, 0.4) is 0 Å². The van der Waals surface area contributed by atoms with Crippen LogP contribution in [0.1, 0.15) is 83.7 Å². The summed E-state index contributed by atoms with van der Waals surface area (Å²) in [5.74, 6) is 0. The van der Waals surface area contributed by atoms with Crippen LogP contribution in [0.4, 0.5) is 0 Å². The van der Waals surface area contributed by atoms with Crippen molar-refractivity contribution >= 4 is 0 Å². The van der Waals surface area contributed by atoms with Gasteiger partial charge >= 0.3 is 0 Å². The molecule has 0 aliphatic heterocycles. The summed E-state index contributed by atoms with van der Waals surface area (Å²) in [6, 6.07) is 4.50. The van der Waals surface area contributed by atoms with Crippen molar-refractivity contribution in [1.82, 2.24) is 4.57 Å². The van der Waals surface area contributed by atoms with Gasteiger partial charge in [-0.3, -0.25) is 0 Å². The van der Waals surface area contributed by atoms with E-state index in [9.17, 15) is 0 Å². The van der Waals surface area contributed by atoms with E-state index >= 15 is 0 Å². The second-order valence-corrected chi connectivity index (χ2v) is 5.77. The van der Waals surface area contributed by atoms with E-state index in [1.165, 1.54) is 82.9 Å². The van der Waals surface area contributed by atoms with Gasteiger partial charge in [0.25, 0.3) is 0 Å². The number of aromatic nitrogens is 1. The number of unbranched alkanes of at least 4 members (excludes halogenated alkanes) is 8. The summed E-state index contributed by atoms with van der Waals surface area (Å²) in [4.78, 5) is 0. The lowest BCUT2D eigenvalue weighted by atomic mass is 10.1. The van der Waals surface area contributed by atoms with Crippen LogP contribution in [-0.2, 0) is 13.0 Å². The molecule has 0 spiro atoms. The van der Waals surface area contributed by atoms with Gasteiger partial charge in [0.2, 0.25) is 0 Å². The first-order chi connectivity index (χ1) is 9.38. The van der Waals surface area contributed by atoms with Crippen molar-refractivity contribution < 1.29 is 0 Å². The largest absolute Gasteiger partial charge is 0.351 e. The maximum Gasteiger partial charge on any atom is 0.0222 e. The molecule has 0 N–H and O–H groups in total. The Bertz CT molecular complexity index is 300. The van der Waals surface area contributed by atoms with Crippen molar-refractivity contribution in [3.05, 3.63) is 24.0 Å². The molecule has 0 saturated heterocycles. The Labute approximate surface area is 120 Å². The quantitative estimate of drug-likeness (QED) is 0.409. The number of hydrogen-bond donors (Lipinski definition) is 0. The molecule has 1 aromatic rings. The Morgan fingerprint density at radius 3 is 2.11 bits per heavy atom. The molecule has 110 valence electrons. The van der Waals surface area contributed by atoms with Crippen LogP contribution in [0, 0.1) is 0 Å². The van der Waals surface area contributed by atoms with E-state index in [4.69, 9.17) is 0 Å². The zero-order valence-corrected chi connectivity index (χ0v) is 13.2. The van der Waals surface area contributed by atoms with Crippen LogP contribution in [0.25, 0.3) is 0 Å². The minimum Gasteiger partial charge on any atom is -0.351 e. The molecule has 0 radical (unpaired) electrons. The highest BCUT2D eigenvalue weighted by Crippen LogP contribution is 2.11. The van der Waals surface area contributed by atoms with Gasteiger partial charge in [-0.2, -0.15) is 0 Å². The normalized spacial score (nSPS) is 11.1. The molecule has 19 heavy (non-hydrogen) atoms. The predicted octanol–water partition coefficient (Wildman–Crippen LogP) is 5.97. The van der Waals surface area contributed by atoms with Crippen molar-refractivity contribution in [2.75, 3.05) is 0 Å². The fraction of sp³-hybridized carbons (Fsp3) is 0.778. The average Bonchev–Trinajstić information content (AvgIpc) is 2.87.